The molecule has 5 heteroatoms. The minimum Gasteiger partial charge on any atom is -0.369 e. The SMILES string of the molecule is Cc1cc2c(cc1/C=N\NC(=O)c1ccccc1F)[C@H](C)CC(C)(C)N2C. The Morgan fingerprint density at radius 3 is 2.74 bits per heavy atom. The smallest absolute Gasteiger partial charge is 0.274 e. The number of fused-ring (bicyclic) bond motifs is 1. The number of carbonyl (C=O) groups is 1. The van der Waals surface area contributed by atoms with Crippen LogP contribution in [0.4, 0.5) is 10.1 Å². The normalized spacial score (nSPS) is 18.4. The molecule has 0 unspecified atom stereocenters. The Morgan fingerprint density at radius 2 is 2.04 bits per heavy atom. The molecule has 0 saturated heterocycles. The summed E-state index contributed by atoms with van der Waals surface area (Å²) in [4.78, 5) is 14.4. The molecule has 1 aliphatic rings. The van der Waals surface area contributed by atoms with Gasteiger partial charge < -0.3 is 4.90 Å². The number of amides is 1. The molecule has 27 heavy (non-hydrogen) atoms. The molecule has 0 aromatic heterocycles. The summed E-state index contributed by atoms with van der Waals surface area (Å²) in [6.07, 6.45) is 2.70. The molecule has 1 aliphatic heterocycles. The number of hydrogen-bond donors (Lipinski definition) is 1. The van der Waals surface area contributed by atoms with Crippen LogP contribution in [0.15, 0.2) is 41.5 Å². The Kier molecular flexibility index (Phi) is 5.05. The fourth-order valence-electron chi connectivity index (χ4n) is 3.74. The summed E-state index contributed by atoms with van der Waals surface area (Å²) in [7, 11) is 2.13. The molecule has 2 aromatic carbocycles. The molecule has 3 rings (SSSR count). The summed E-state index contributed by atoms with van der Waals surface area (Å²) in [6.45, 7) is 8.79. The fourth-order valence-corrected chi connectivity index (χ4v) is 3.74. The van der Waals surface area contributed by atoms with Crippen molar-refractivity contribution in [1.82, 2.24) is 5.43 Å². The maximum absolute atomic E-state index is 13.7. The van der Waals surface area contributed by atoms with Crippen LogP contribution in [0, 0.1) is 12.7 Å². The predicted molar refractivity (Wildman–Crippen MR) is 108 cm³/mol. The van der Waals surface area contributed by atoms with Gasteiger partial charge in [-0.05, 0) is 74.1 Å². The number of hydrazone groups is 1. The van der Waals surface area contributed by atoms with E-state index in [4.69, 9.17) is 0 Å². The van der Waals surface area contributed by atoms with E-state index >= 15 is 0 Å². The summed E-state index contributed by atoms with van der Waals surface area (Å²) in [5.41, 5.74) is 7.05. The van der Waals surface area contributed by atoms with E-state index in [0.717, 1.165) is 17.5 Å². The first kappa shape index (κ1) is 19.1. The van der Waals surface area contributed by atoms with Crippen LogP contribution in [0.1, 0.15) is 60.2 Å². The molecule has 0 radical (unpaired) electrons. The zero-order valence-electron chi connectivity index (χ0n) is 16.5. The minimum atomic E-state index is -0.561. The number of carbonyl (C=O) groups excluding carboxylic acids is 1. The van der Waals surface area contributed by atoms with Crippen LogP contribution in [0.25, 0.3) is 0 Å². The largest absolute Gasteiger partial charge is 0.369 e. The molecule has 1 amide bonds. The van der Waals surface area contributed by atoms with Gasteiger partial charge in [0, 0.05) is 18.3 Å². The van der Waals surface area contributed by atoms with Gasteiger partial charge in [0.05, 0.1) is 11.8 Å². The van der Waals surface area contributed by atoms with E-state index in [1.165, 1.54) is 23.4 Å². The van der Waals surface area contributed by atoms with Crippen LogP contribution >= 0.6 is 0 Å². The molecule has 1 atom stereocenters. The van der Waals surface area contributed by atoms with Crippen molar-refractivity contribution in [2.75, 3.05) is 11.9 Å². The number of benzene rings is 2. The quantitative estimate of drug-likeness (QED) is 0.635. The van der Waals surface area contributed by atoms with Crippen LogP contribution in [0.3, 0.4) is 0 Å². The van der Waals surface area contributed by atoms with Gasteiger partial charge in [-0.15, -0.1) is 0 Å². The molecule has 2 aromatic rings. The van der Waals surface area contributed by atoms with Crippen LogP contribution in [0.5, 0.6) is 0 Å². The minimum absolute atomic E-state index is 0.0192. The van der Waals surface area contributed by atoms with Crippen LogP contribution < -0.4 is 10.3 Å². The van der Waals surface area contributed by atoms with Gasteiger partial charge in [0.1, 0.15) is 5.82 Å². The molecule has 4 nitrogen and oxygen atoms in total. The number of halogens is 1. The molecular formula is C22H26FN3O. The summed E-state index contributed by atoms with van der Waals surface area (Å²) >= 11 is 0. The van der Waals surface area contributed by atoms with Gasteiger partial charge in [-0.3, -0.25) is 4.79 Å². The van der Waals surface area contributed by atoms with Gasteiger partial charge in [0.15, 0.2) is 0 Å². The van der Waals surface area contributed by atoms with E-state index in [-0.39, 0.29) is 11.1 Å². The summed E-state index contributed by atoms with van der Waals surface area (Å²) in [6, 6.07) is 10.2. The van der Waals surface area contributed by atoms with Gasteiger partial charge in [-0.25, -0.2) is 9.82 Å². The molecule has 1 heterocycles. The van der Waals surface area contributed by atoms with Crippen molar-refractivity contribution in [2.24, 2.45) is 5.10 Å². The van der Waals surface area contributed by atoms with E-state index in [0.29, 0.717) is 5.92 Å². The highest BCUT2D eigenvalue weighted by Crippen LogP contribution is 2.43. The molecule has 0 bridgehead atoms. The summed E-state index contributed by atoms with van der Waals surface area (Å²) in [5, 5.41) is 4.04. The topological polar surface area (TPSA) is 44.7 Å². The van der Waals surface area contributed by atoms with Crippen LogP contribution in [0.2, 0.25) is 0 Å². The van der Waals surface area contributed by atoms with Crippen LogP contribution in [-0.4, -0.2) is 24.7 Å². The maximum atomic E-state index is 13.7. The molecule has 0 saturated carbocycles. The molecule has 0 fully saturated rings. The first-order chi connectivity index (χ1) is 12.7. The third-order valence-corrected chi connectivity index (χ3v) is 5.51. The Labute approximate surface area is 160 Å². The molecule has 142 valence electrons. The second-order valence-corrected chi connectivity index (χ2v) is 7.92. The van der Waals surface area contributed by atoms with E-state index < -0.39 is 11.7 Å². The standard InChI is InChI=1S/C22H26FN3O/c1-14-10-20-18(15(2)12-22(3,4)26(20)5)11-16(14)13-24-25-21(27)17-8-6-7-9-19(17)23/h6-11,13,15H,12H2,1-5H3,(H,25,27)/b24-13-/t15-/m1/s1. The lowest BCUT2D eigenvalue weighted by atomic mass is 9.79. The lowest BCUT2D eigenvalue weighted by Crippen LogP contribution is -2.45. The predicted octanol–water partition coefficient (Wildman–Crippen LogP) is 4.62. The van der Waals surface area contributed by atoms with Crippen molar-refractivity contribution in [2.45, 2.75) is 45.6 Å². The first-order valence-electron chi connectivity index (χ1n) is 9.17. The average molecular weight is 367 g/mol. The van der Waals surface area contributed by atoms with Gasteiger partial charge >= 0.3 is 0 Å². The Balaban J connectivity index is 1.82. The number of aryl methyl sites for hydroxylation is 1. The Morgan fingerprint density at radius 1 is 1.33 bits per heavy atom. The Bertz CT molecular complexity index is 904. The van der Waals surface area contributed by atoms with Gasteiger partial charge in [0.2, 0.25) is 0 Å². The van der Waals surface area contributed by atoms with Crippen LogP contribution in [-0.2, 0) is 0 Å². The number of rotatable bonds is 3. The number of nitrogens with one attached hydrogen (secondary N) is 1. The van der Waals surface area contributed by atoms with Crippen molar-refractivity contribution >= 4 is 17.8 Å². The van der Waals surface area contributed by atoms with Crippen molar-refractivity contribution in [3.63, 3.8) is 0 Å². The van der Waals surface area contributed by atoms with Crippen molar-refractivity contribution in [3.8, 4) is 0 Å². The lowest BCUT2D eigenvalue weighted by molar-refractivity contribution is 0.0951. The summed E-state index contributed by atoms with van der Waals surface area (Å²) in [5.74, 6) is -0.684. The Hall–Kier alpha value is -2.69. The molecule has 0 spiro atoms. The highest BCUT2D eigenvalue weighted by molar-refractivity contribution is 5.95. The third kappa shape index (κ3) is 3.72. The molecular weight excluding hydrogens is 341 g/mol. The van der Waals surface area contributed by atoms with E-state index in [2.05, 4.69) is 55.4 Å². The average Bonchev–Trinajstić information content (AvgIpc) is 2.60. The van der Waals surface area contributed by atoms with E-state index in [1.54, 1.807) is 18.3 Å². The number of anilines is 1. The van der Waals surface area contributed by atoms with E-state index in [1.807, 2.05) is 6.92 Å². The second-order valence-electron chi connectivity index (χ2n) is 7.92. The zero-order chi connectivity index (χ0) is 19.8. The zero-order valence-corrected chi connectivity index (χ0v) is 16.5. The van der Waals surface area contributed by atoms with Crippen molar-refractivity contribution in [1.29, 1.82) is 0 Å². The highest BCUT2D eigenvalue weighted by atomic mass is 19.1. The van der Waals surface area contributed by atoms with E-state index in [9.17, 15) is 9.18 Å². The van der Waals surface area contributed by atoms with Gasteiger partial charge in [-0.1, -0.05) is 19.1 Å². The third-order valence-electron chi connectivity index (χ3n) is 5.51. The molecule has 1 N–H and O–H groups in total. The summed E-state index contributed by atoms with van der Waals surface area (Å²) < 4.78 is 13.7. The maximum Gasteiger partial charge on any atom is 0.274 e. The van der Waals surface area contributed by atoms with Crippen molar-refractivity contribution < 1.29 is 9.18 Å². The second kappa shape index (κ2) is 7.14. The number of hydrogen-bond acceptors (Lipinski definition) is 3. The highest BCUT2D eigenvalue weighted by Gasteiger charge is 2.34. The van der Waals surface area contributed by atoms with Gasteiger partial charge in [0.25, 0.3) is 5.91 Å². The monoisotopic (exact) mass is 367 g/mol. The molecule has 0 aliphatic carbocycles. The lowest BCUT2D eigenvalue weighted by Gasteiger charge is -2.45. The fraction of sp³-hybridized carbons (Fsp3) is 0.364. The van der Waals surface area contributed by atoms with Crippen molar-refractivity contribution in [3.05, 3.63) is 64.5 Å². The van der Waals surface area contributed by atoms with Gasteiger partial charge in [-0.2, -0.15) is 5.10 Å². The number of nitrogens with zero attached hydrogens (tertiary/aromatic N) is 2. The first-order valence-corrected chi connectivity index (χ1v) is 9.17.